The van der Waals surface area contributed by atoms with Crippen LogP contribution in [0.1, 0.15) is 0 Å². The second-order valence-electron chi connectivity index (χ2n) is 4.01. The number of nitrogens with two attached hydrogens (primary N) is 1. The maximum absolute atomic E-state index is 13.5. The molecule has 0 radical (unpaired) electrons. The van der Waals surface area contributed by atoms with Crippen LogP contribution in [0, 0.1) is 23.3 Å². The highest BCUT2D eigenvalue weighted by molar-refractivity contribution is 7.92. The molecule has 0 atom stereocenters. The van der Waals surface area contributed by atoms with Crippen LogP contribution in [0.25, 0.3) is 0 Å². The molecule has 3 N–H and O–H groups in total. The van der Waals surface area contributed by atoms with Crippen LogP contribution < -0.4 is 10.5 Å². The Morgan fingerprint density at radius 3 is 2.29 bits per heavy atom. The molecule has 0 spiro atoms. The van der Waals surface area contributed by atoms with Crippen molar-refractivity contribution in [2.24, 2.45) is 0 Å². The van der Waals surface area contributed by atoms with Gasteiger partial charge in [-0.2, -0.15) is 0 Å². The van der Waals surface area contributed by atoms with E-state index >= 15 is 0 Å². The molecule has 0 unspecified atom stereocenters. The van der Waals surface area contributed by atoms with Crippen LogP contribution in [0.15, 0.2) is 35.2 Å². The fourth-order valence-electron chi connectivity index (χ4n) is 1.53. The van der Waals surface area contributed by atoms with Crippen molar-refractivity contribution in [3.05, 3.63) is 53.6 Å². The Morgan fingerprint density at radius 2 is 1.62 bits per heavy atom. The van der Waals surface area contributed by atoms with Crippen LogP contribution in [-0.4, -0.2) is 8.42 Å². The largest absolute Gasteiger partial charge is 0.397 e. The summed E-state index contributed by atoms with van der Waals surface area (Å²) in [6.45, 7) is 0. The van der Waals surface area contributed by atoms with Gasteiger partial charge in [0.15, 0.2) is 17.5 Å². The third-order valence-electron chi connectivity index (χ3n) is 2.55. The Bertz CT molecular complexity index is 809. The minimum atomic E-state index is -4.60. The molecule has 0 aliphatic carbocycles. The summed E-state index contributed by atoms with van der Waals surface area (Å²) in [6.07, 6.45) is 0. The molecular formula is C12H8F4N2O2S. The van der Waals surface area contributed by atoms with E-state index in [2.05, 4.69) is 0 Å². The van der Waals surface area contributed by atoms with E-state index < -0.39 is 38.2 Å². The number of hydrogen-bond acceptors (Lipinski definition) is 3. The molecule has 21 heavy (non-hydrogen) atoms. The molecule has 2 rings (SSSR count). The van der Waals surface area contributed by atoms with Gasteiger partial charge in [-0.1, -0.05) is 0 Å². The summed E-state index contributed by atoms with van der Waals surface area (Å²) in [5.74, 6) is -6.12. The zero-order valence-electron chi connectivity index (χ0n) is 10.2. The number of benzene rings is 2. The first-order valence-electron chi connectivity index (χ1n) is 5.43. The van der Waals surface area contributed by atoms with Crippen molar-refractivity contribution in [2.45, 2.75) is 4.90 Å². The zero-order chi connectivity index (χ0) is 15.8. The van der Waals surface area contributed by atoms with Gasteiger partial charge in [0.05, 0.1) is 11.4 Å². The highest BCUT2D eigenvalue weighted by atomic mass is 32.2. The van der Waals surface area contributed by atoms with Crippen LogP contribution in [0.5, 0.6) is 0 Å². The van der Waals surface area contributed by atoms with Crippen molar-refractivity contribution in [1.29, 1.82) is 0 Å². The highest BCUT2D eigenvalue weighted by Gasteiger charge is 2.24. The number of anilines is 2. The second-order valence-corrected chi connectivity index (χ2v) is 5.66. The van der Waals surface area contributed by atoms with Crippen molar-refractivity contribution in [3.63, 3.8) is 0 Å². The molecule has 0 heterocycles. The number of sulfonamides is 1. The van der Waals surface area contributed by atoms with Gasteiger partial charge in [-0.3, -0.25) is 4.72 Å². The van der Waals surface area contributed by atoms with Gasteiger partial charge < -0.3 is 5.73 Å². The lowest BCUT2D eigenvalue weighted by molar-refractivity contribution is 0.432. The summed E-state index contributed by atoms with van der Waals surface area (Å²) in [6, 6.07) is 3.86. The van der Waals surface area contributed by atoms with E-state index in [0.717, 1.165) is 18.2 Å². The molecule has 0 saturated heterocycles. The predicted octanol–water partition coefficient (Wildman–Crippen LogP) is 2.63. The molecule has 9 heteroatoms. The van der Waals surface area contributed by atoms with Crippen molar-refractivity contribution in [1.82, 2.24) is 0 Å². The molecule has 2 aromatic carbocycles. The molecule has 0 amide bonds. The van der Waals surface area contributed by atoms with Crippen LogP contribution in [0.3, 0.4) is 0 Å². The standard InChI is InChI=1S/C12H8F4N2O2S/c13-6-1-3-8(17)9(5-6)18-21(19,20)10-4-2-7(14)11(15)12(10)16/h1-5,18H,17H2. The van der Waals surface area contributed by atoms with Gasteiger partial charge in [-0.05, 0) is 24.3 Å². The first-order valence-corrected chi connectivity index (χ1v) is 6.92. The summed E-state index contributed by atoms with van der Waals surface area (Å²) in [4.78, 5) is -1.12. The zero-order valence-corrected chi connectivity index (χ0v) is 11.0. The van der Waals surface area contributed by atoms with Gasteiger partial charge in [0.25, 0.3) is 10.0 Å². The molecular weight excluding hydrogens is 312 g/mol. The average molecular weight is 320 g/mol. The Hall–Kier alpha value is -2.29. The van der Waals surface area contributed by atoms with Gasteiger partial charge in [0.2, 0.25) is 0 Å². The van der Waals surface area contributed by atoms with E-state index in [9.17, 15) is 26.0 Å². The third kappa shape index (κ3) is 2.92. The monoisotopic (exact) mass is 320 g/mol. The maximum Gasteiger partial charge on any atom is 0.265 e. The van der Waals surface area contributed by atoms with Gasteiger partial charge in [0.1, 0.15) is 10.7 Å². The SMILES string of the molecule is Nc1ccc(F)cc1NS(=O)(=O)c1ccc(F)c(F)c1F. The summed E-state index contributed by atoms with van der Waals surface area (Å²) in [5.41, 5.74) is 4.98. The lowest BCUT2D eigenvalue weighted by Crippen LogP contribution is -2.17. The quantitative estimate of drug-likeness (QED) is 0.519. The van der Waals surface area contributed by atoms with Crippen molar-refractivity contribution in [3.8, 4) is 0 Å². The number of nitrogen functional groups attached to an aromatic ring is 1. The van der Waals surface area contributed by atoms with Gasteiger partial charge in [-0.25, -0.2) is 26.0 Å². The average Bonchev–Trinajstić information content (AvgIpc) is 2.39. The first kappa shape index (κ1) is 15.1. The summed E-state index contributed by atoms with van der Waals surface area (Å²) in [5, 5.41) is 0. The van der Waals surface area contributed by atoms with E-state index in [4.69, 9.17) is 5.73 Å². The van der Waals surface area contributed by atoms with Crippen molar-refractivity contribution >= 4 is 21.4 Å². The lowest BCUT2D eigenvalue weighted by Gasteiger charge is -2.11. The predicted molar refractivity (Wildman–Crippen MR) is 67.9 cm³/mol. The molecule has 0 aliphatic heterocycles. The van der Waals surface area contributed by atoms with E-state index in [-0.39, 0.29) is 11.4 Å². The number of hydrogen-bond donors (Lipinski definition) is 2. The minimum Gasteiger partial charge on any atom is -0.397 e. The normalized spacial score (nSPS) is 11.4. The molecule has 0 bridgehead atoms. The second kappa shape index (κ2) is 5.24. The molecule has 4 nitrogen and oxygen atoms in total. The van der Waals surface area contributed by atoms with Crippen LogP contribution >= 0.6 is 0 Å². The maximum atomic E-state index is 13.5. The third-order valence-corrected chi connectivity index (χ3v) is 3.93. The first-order chi connectivity index (χ1) is 9.72. The molecule has 112 valence electrons. The molecule has 2 aromatic rings. The lowest BCUT2D eigenvalue weighted by atomic mass is 10.3. The number of nitrogens with one attached hydrogen (secondary N) is 1. The topological polar surface area (TPSA) is 72.2 Å². The number of rotatable bonds is 3. The Morgan fingerprint density at radius 1 is 0.952 bits per heavy atom. The van der Waals surface area contributed by atoms with Crippen LogP contribution in [-0.2, 0) is 10.0 Å². The summed E-state index contributed by atoms with van der Waals surface area (Å²) in [7, 11) is -4.60. The Labute approximate surface area is 117 Å². The van der Waals surface area contributed by atoms with Crippen molar-refractivity contribution in [2.75, 3.05) is 10.5 Å². The summed E-state index contributed by atoms with van der Waals surface area (Å²) >= 11 is 0. The minimum absolute atomic E-state index is 0.122. The number of halogens is 4. The Balaban J connectivity index is 2.49. The van der Waals surface area contributed by atoms with E-state index in [0.29, 0.717) is 12.1 Å². The van der Waals surface area contributed by atoms with Crippen LogP contribution in [0.4, 0.5) is 28.9 Å². The fourth-order valence-corrected chi connectivity index (χ4v) is 2.68. The van der Waals surface area contributed by atoms with E-state index in [1.54, 1.807) is 0 Å². The molecule has 0 aromatic heterocycles. The van der Waals surface area contributed by atoms with Gasteiger partial charge in [-0.15, -0.1) is 0 Å². The molecule has 0 fully saturated rings. The van der Waals surface area contributed by atoms with Crippen molar-refractivity contribution < 1.29 is 26.0 Å². The molecule has 0 aliphatic rings. The van der Waals surface area contributed by atoms with Gasteiger partial charge in [0, 0.05) is 6.07 Å². The van der Waals surface area contributed by atoms with Gasteiger partial charge >= 0.3 is 0 Å². The summed E-state index contributed by atoms with van der Waals surface area (Å²) < 4.78 is 78.1. The Kier molecular flexibility index (Phi) is 3.77. The van der Waals surface area contributed by atoms with E-state index in [1.807, 2.05) is 4.72 Å². The molecule has 0 saturated carbocycles. The van der Waals surface area contributed by atoms with Crippen LogP contribution in [0.2, 0.25) is 0 Å². The fraction of sp³-hybridized carbons (Fsp3) is 0. The van der Waals surface area contributed by atoms with E-state index in [1.165, 1.54) is 0 Å². The smallest absolute Gasteiger partial charge is 0.265 e. The highest BCUT2D eigenvalue weighted by Crippen LogP contribution is 2.25.